The van der Waals surface area contributed by atoms with E-state index < -0.39 is 32.1 Å². The van der Waals surface area contributed by atoms with Gasteiger partial charge in [0.2, 0.25) is 0 Å². The molecule has 14 nitrogen and oxygen atoms in total. The molecule has 0 radical (unpaired) electrons. The molecule has 2 aromatic heterocycles. The Morgan fingerprint density at radius 3 is 1.56 bits per heavy atom. The topological polar surface area (TPSA) is 230 Å². The fourth-order valence-electron chi connectivity index (χ4n) is 4.99. The van der Waals surface area contributed by atoms with E-state index in [0.29, 0.717) is 36.3 Å². The molecule has 0 unspecified atom stereocenters. The number of hydrogen-bond acceptors (Lipinski definition) is 12. The number of ether oxygens (including phenoxy) is 1. The standard InChI is InChI=1S/C21H28N4O4S2.C16H20N4O2S2/c1-14-10-17-18(11-15(14)2)23-13-16(12-22)19(17)30-9-7-6-8-24-31(27,28)25-20(26)29-21(3,4)5;1-11-7-14-15(8-12(11)2)19-10-13(9-17)16(14)23-6-4-3-5-20-24(18,21)22/h10-11,13,24H,6-9H2,1-5H3,(H,25,26);7-8,10,20H,3-6H2,1-2H3,(H2,18,21,22). The van der Waals surface area contributed by atoms with Gasteiger partial charge in [0.25, 0.3) is 10.2 Å². The van der Waals surface area contributed by atoms with Crippen molar-refractivity contribution in [3.63, 3.8) is 0 Å². The van der Waals surface area contributed by atoms with Crippen LogP contribution in [0, 0.1) is 50.4 Å². The van der Waals surface area contributed by atoms with E-state index in [1.807, 2.05) is 44.5 Å². The third-order valence-corrected chi connectivity index (χ3v) is 12.0. The van der Waals surface area contributed by atoms with Crippen LogP contribution in [0.4, 0.5) is 4.79 Å². The number of rotatable bonds is 15. The monoisotopic (exact) mass is 828 g/mol. The molecule has 4 aromatic rings. The smallest absolute Gasteiger partial charge is 0.422 e. The Hall–Kier alpha value is -4.01. The van der Waals surface area contributed by atoms with Crippen LogP contribution in [-0.4, -0.2) is 63.1 Å². The van der Waals surface area contributed by atoms with E-state index in [9.17, 15) is 32.2 Å². The van der Waals surface area contributed by atoms with Gasteiger partial charge in [-0.15, -0.1) is 23.5 Å². The summed E-state index contributed by atoms with van der Waals surface area (Å²) in [4.78, 5) is 22.2. The number of pyridine rings is 2. The third-order valence-electron chi connectivity index (χ3n) is 7.96. The summed E-state index contributed by atoms with van der Waals surface area (Å²) in [6.07, 6.45) is 4.98. The van der Waals surface area contributed by atoms with Gasteiger partial charge in [0.1, 0.15) is 17.7 Å². The zero-order valence-electron chi connectivity index (χ0n) is 32.1. The second kappa shape index (κ2) is 20.2. The van der Waals surface area contributed by atoms with Crippen LogP contribution in [0.15, 0.2) is 46.5 Å². The minimum absolute atomic E-state index is 0.180. The molecule has 0 atom stereocenters. The fourth-order valence-corrected chi connectivity index (χ4v) is 8.42. The molecule has 0 aliphatic heterocycles. The lowest BCUT2D eigenvalue weighted by Gasteiger charge is -2.19. The minimum atomic E-state index is -3.97. The predicted octanol–water partition coefficient (Wildman–Crippen LogP) is 6.34. The quantitative estimate of drug-likeness (QED) is 0.0760. The van der Waals surface area contributed by atoms with Gasteiger partial charge in [0.05, 0.1) is 22.2 Å². The van der Waals surface area contributed by atoms with Gasteiger partial charge in [-0.25, -0.2) is 19.4 Å². The van der Waals surface area contributed by atoms with Crippen LogP contribution in [0.2, 0.25) is 0 Å². The molecule has 5 N–H and O–H groups in total. The van der Waals surface area contributed by atoms with E-state index in [1.165, 1.54) is 11.1 Å². The van der Waals surface area contributed by atoms with E-state index in [1.54, 1.807) is 56.7 Å². The summed E-state index contributed by atoms with van der Waals surface area (Å²) in [5, 5.41) is 25.6. The molecule has 2 heterocycles. The summed E-state index contributed by atoms with van der Waals surface area (Å²) < 4.78 is 56.7. The summed E-state index contributed by atoms with van der Waals surface area (Å²) in [6.45, 7) is 13.6. The van der Waals surface area contributed by atoms with Crippen molar-refractivity contribution in [2.45, 2.75) is 89.5 Å². The van der Waals surface area contributed by atoms with Crippen LogP contribution in [0.5, 0.6) is 0 Å². The number of benzene rings is 2. The van der Waals surface area contributed by atoms with E-state index in [2.05, 4.69) is 43.7 Å². The number of nitrogens with zero attached hydrogens (tertiary/aromatic N) is 4. The van der Waals surface area contributed by atoms with Crippen molar-refractivity contribution >= 4 is 71.8 Å². The first-order valence-corrected chi connectivity index (χ1v) is 22.4. The van der Waals surface area contributed by atoms with E-state index in [-0.39, 0.29) is 6.54 Å². The zero-order valence-corrected chi connectivity index (χ0v) is 35.3. The van der Waals surface area contributed by atoms with Crippen molar-refractivity contribution < 1.29 is 26.4 Å². The van der Waals surface area contributed by atoms with Crippen molar-refractivity contribution in [3.8, 4) is 12.1 Å². The molecule has 0 fully saturated rings. The highest BCUT2D eigenvalue weighted by Crippen LogP contribution is 2.33. The molecule has 0 saturated heterocycles. The van der Waals surface area contributed by atoms with Crippen molar-refractivity contribution in [3.05, 3.63) is 70.0 Å². The molecule has 18 heteroatoms. The molecule has 0 aliphatic rings. The number of thioether (sulfide) groups is 2. The van der Waals surface area contributed by atoms with Crippen molar-refractivity contribution in [2.75, 3.05) is 24.6 Å². The Kier molecular flexibility index (Phi) is 16.7. The first-order chi connectivity index (χ1) is 25.7. The van der Waals surface area contributed by atoms with Gasteiger partial charge >= 0.3 is 16.3 Å². The highest BCUT2D eigenvalue weighted by Gasteiger charge is 2.21. The maximum Gasteiger partial charge on any atom is 0.422 e. The highest BCUT2D eigenvalue weighted by molar-refractivity contribution is 7.99. The van der Waals surface area contributed by atoms with Crippen LogP contribution in [0.3, 0.4) is 0 Å². The number of nitrogens with two attached hydrogens (primary N) is 1. The van der Waals surface area contributed by atoms with Crippen LogP contribution in [0.1, 0.15) is 79.8 Å². The van der Waals surface area contributed by atoms with Gasteiger partial charge in [-0.05, 0) is 132 Å². The maximum atomic E-state index is 11.9. The number of nitriles is 2. The van der Waals surface area contributed by atoms with Crippen molar-refractivity contribution in [1.82, 2.24) is 24.1 Å². The molecular formula is C37H48N8O6S4. The largest absolute Gasteiger partial charge is 0.443 e. The second-order valence-corrected chi connectivity index (χ2v) is 18.8. The van der Waals surface area contributed by atoms with Crippen LogP contribution in [0.25, 0.3) is 21.8 Å². The lowest BCUT2D eigenvalue weighted by atomic mass is 10.1. The van der Waals surface area contributed by atoms with Gasteiger partial charge in [-0.2, -0.15) is 32.1 Å². The maximum absolute atomic E-state index is 11.9. The number of aryl methyl sites for hydroxylation is 4. The van der Waals surface area contributed by atoms with E-state index in [4.69, 9.17) is 9.88 Å². The summed E-state index contributed by atoms with van der Waals surface area (Å²) >= 11 is 3.16. The Labute approximate surface area is 332 Å². The third kappa shape index (κ3) is 14.9. The second-order valence-electron chi connectivity index (χ2n) is 13.7. The van der Waals surface area contributed by atoms with Crippen LogP contribution in [-0.2, 0) is 25.2 Å². The molecule has 296 valence electrons. The lowest BCUT2D eigenvalue weighted by Crippen LogP contribution is -2.43. The minimum Gasteiger partial charge on any atom is -0.443 e. The van der Waals surface area contributed by atoms with Crippen molar-refractivity contribution in [2.24, 2.45) is 5.14 Å². The molecular weight excluding hydrogens is 781 g/mol. The molecule has 0 aliphatic carbocycles. The molecule has 2 aromatic carbocycles. The summed E-state index contributed by atoms with van der Waals surface area (Å²) in [5.41, 5.74) is 6.67. The van der Waals surface area contributed by atoms with Gasteiger partial charge in [0.15, 0.2) is 0 Å². The number of carbonyl (C=O) groups is 1. The average molecular weight is 829 g/mol. The van der Waals surface area contributed by atoms with Crippen LogP contribution >= 0.6 is 23.5 Å². The Bertz CT molecular complexity index is 2320. The molecule has 1 amide bonds. The van der Waals surface area contributed by atoms with Gasteiger partial charge in [-0.3, -0.25) is 9.97 Å². The number of amides is 1. The molecule has 0 bridgehead atoms. The Morgan fingerprint density at radius 1 is 0.745 bits per heavy atom. The normalized spacial score (nSPS) is 11.7. The Morgan fingerprint density at radius 2 is 1.16 bits per heavy atom. The lowest BCUT2D eigenvalue weighted by molar-refractivity contribution is 0.0569. The zero-order chi connectivity index (χ0) is 41.0. The molecule has 4 rings (SSSR count). The van der Waals surface area contributed by atoms with Gasteiger partial charge in [0, 0.05) is 46.0 Å². The van der Waals surface area contributed by atoms with E-state index >= 15 is 0 Å². The summed E-state index contributed by atoms with van der Waals surface area (Å²) in [5.74, 6) is 1.49. The average Bonchev–Trinajstić information content (AvgIpc) is 3.07. The van der Waals surface area contributed by atoms with Crippen LogP contribution < -0.4 is 19.3 Å². The predicted molar refractivity (Wildman–Crippen MR) is 219 cm³/mol. The molecule has 0 spiro atoms. The Balaban J connectivity index is 0.000000305. The van der Waals surface area contributed by atoms with E-state index in [0.717, 1.165) is 61.3 Å². The fraction of sp³-hybridized carbons (Fsp3) is 0.432. The van der Waals surface area contributed by atoms with Gasteiger partial charge < -0.3 is 4.74 Å². The number of nitrogens with one attached hydrogen (secondary N) is 3. The number of unbranched alkanes of at least 4 members (excludes halogenated alkanes) is 2. The number of hydrogen-bond donors (Lipinski definition) is 4. The summed E-state index contributed by atoms with van der Waals surface area (Å²) in [6, 6.07) is 12.6. The van der Waals surface area contributed by atoms with Crippen molar-refractivity contribution in [1.29, 1.82) is 10.5 Å². The first-order valence-electron chi connectivity index (χ1n) is 17.4. The number of carbonyl (C=O) groups excluding carboxylic acids is 1. The SMILES string of the molecule is Cc1cc2ncc(C#N)c(SCCCCNS(=O)(=O)NC(=O)OC(C)(C)C)c2cc1C.Cc1cc2ncc(C#N)c(SCCCCNS(N)(=O)=O)c2cc1C. The van der Waals surface area contributed by atoms with Gasteiger partial charge in [-0.1, -0.05) is 0 Å². The number of fused-ring (bicyclic) bond motifs is 2. The molecule has 0 saturated carbocycles. The highest BCUT2D eigenvalue weighted by atomic mass is 32.2. The first kappa shape index (κ1) is 45.4. The number of aromatic nitrogens is 2. The summed E-state index contributed by atoms with van der Waals surface area (Å²) in [7, 11) is -7.59. The molecule has 55 heavy (non-hydrogen) atoms.